The van der Waals surface area contributed by atoms with Gasteiger partial charge in [0.05, 0.1) is 10.9 Å². The van der Waals surface area contributed by atoms with E-state index in [1.807, 2.05) is 50.6 Å². The minimum Gasteiger partial charge on any atom is -0.335 e. The molecule has 37 heavy (non-hydrogen) atoms. The molecule has 0 aliphatic heterocycles. The summed E-state index contributed by atoms with van der Waals surface area (Å²) in [5.41, 5.74) is 7.62. The molecular weight excluding hydrogens is 465 g/mol. The van der Waals surface area contributed by atoms with E-state index in [1.165, 1.54) is 17.7 Å². The third-order valence-electron chi connectivity index (χ3n) is 6.32. The van der Waals surface area contributed by atoms with Crippen LogP contribution in [0.4, 0.5) is 4.39 Å². The smallest absolute Gasteiger partial charge is 0.178 e. The highest BCUT2D eigenvalue weighted by Gasteiger charge is 2.15. The molecule has 1 aromatic carbocycles. The summed E-state index contributed by atoms with van der Waals surface area (Å²) in [6.45, 7) is 8.96. The van der Waals surface area contributed by atoms with Crippen LogP contribution in [-0.4, -0.2) is 37.2 Å². The van der Waals surface area contributed by atoms with Gasteiger partial charge in [-0.3, -0.25) is 10.1 Å². The summed E-state index contributed by atoms with van der Waals surface area (Å²) in [5.74, 6) is 0.253. The van der Waals surface area contributed by atoms with Crippen LogP contribution in [0.2, 0.25) is 0 Å². The Labute approximate surface area is 213 Å². The van der Waals surface area contributed by atoms with Crippen molar-refractivity contribution in [1.82, 2.24) is 35.5 Å². The molecule has 5 aromatic rings. The number of nitrogens with zero attached hydrogens (tertiary/aromatic N) is 4. The molecule has 0 aliphatic carbocycles. The van der Waals surface area contributed by atoms with Crippen molar-refractivity contribution in [1.29, 1.82) is 0 Å². The fourth-order valence-corrected chi connectivity index (χ4v) is 4.29. The van der Waals surface area contributed by atoms with Gasteiger partial charge in [0.1, 0.15) is 11.5 Å². The van der Waals surface area contributed by atoms with Crippen molar-refractivity contribution in [2.45, 2.75) is 26.8 Å². The summed E-state index contributed by atoms with van der Waals surface area (Å²) in [5, 5.41) is 12.1. The maximum absolute atomic E-state index is 14.3. The quantitative estimate of drug-likeness (QED) is 0.317. The Kier molecular flexibility index (Phi) is 6.74. The molecule has 7 nitrogen and oxygen atoms in total. The van der Waals surface area contributed by atoms with Gasteiger partial charge in [0.2, 0.25) is 0 Å². The Bertz CT molecular complexity index is 1730. The summed E-state index contributed by atoms with van der Waals surface area (Å²) < 4.78 is 14.3. The van der Waals surface area contributed by atoms with Crippen LogP contribution in [0.5, 0.6) is 0 Å². The summed E-state index contributed by atoms with van der Waals surface area (Å²) in [4.78, 5) is 16.7. The number of H-pyrrole nitrogens is 2. The average Bonchev–Trinajstić information content (AvgIpc) is 3.50. The monoisotopic (exact) mass is 493 g/mol. The van der Waals surface area contributed by atoms with E-state index in [1.54, 1.807) is 6.20 Å². The first-order valence-corrected chi connectivity index (χ1v) is 12.1. The standard InChI is InChI=1S/C29H28FN7/c1-5-19-10-22(16-32-15-19)17(2)6-7-25-18(3)26(37-36-25)29-34-27-24(8-9-33-28(27)35-29)21-11-20(14-31-4)12-23(30)13-21/h6-13,15-16,31,36H,3,5,14H2,1-2,4H3,(H,33,34,35)/b17-6+,25-7+. The number of aryl methyl sites for hydroxylation is 1. The van der Waals surface area contributed by atoms with Gasteiger partial charge in [-0.15, -0.1) is 0 Å². The Hall–Kier alpha value is -4.43. The molecule has 186 valence electrons. The lowest BCUT2D eigenvalue weighted by molar-refractivity contribution is 0.624. The predicted molar refractivity (Wildman–Crippen MR) is 146 cm³/mol. The zero-order chi connectivity index (χ0) is 25.9. The molecule has 0 radical (unpaired) electrons. The van der Waals surface area contributed by atoms with E-state index in [9.17, 15) is 4.39 Å². The van der Waals surface area contributed by atoms with E-state index in [0.29, 0.717) is 34.4 Å². The van der Waals surface area contributed by atoms with Crippen LogP contribution in [-0.2, 0) is 13.0 Å². The van der Waals surface area contributed by atoms with Gasteiger partial charge in [0.15, 0.2) is 11.5 Å². The maximum Gasteiger partial charge on any atom is 0.178 e. The number of hydrogen-bond donors (Lipinski definition) is 3. The van der Waals surface area contributed by atoms with Gasteiger partial charge in [-0.2, -0.15) is 5.10 Å². The average molecular weight is 494 g/mol. The molecule has 4 aromatic heterocycles. The molecule has 0 saturated heterocycles. The molecule has 0 bridgehead atoms. The van der Waals surface area contributed by atoms with Gasteiger partial charge in [-0.25, -0.2) is 14.4 Å². The number of imidazole rings is 1. The fourth-order valence-electron chi connectivity index (χ4n) is 4.29. The van der Waals surface area contributed by atoms with Crippen LogP contribution in [0, 0.1) is 5.82 Å². The lowest BCUT2D eigenvalue weighted by atomic mass is 10.0. The molecule has 0 atom stereocenters. The molecule has 0 spiro atoms. The Morgan fingerprint density at radius 2 is 2.03 bits per heavy atom. The molecule has 4 heterocycles. The van der Waals surface area contributed by atoms with Crippen molar-refractivity contribution in [2.75, 3.05) is 7.05 Å². The highest BCUT2D eigenvalue weighted by molar-refractivity contribution is 5.91. The Balaban J connectivity index is 1.52. The highest BCUT2D eigenvalue weighted by Crippen LogP contribution is 2.29. The number of pyridine rings is 2. The zero-order valence-corrected chi connectivity index (χ0v) is 21.1. The number of benzene rings is 1. The molecule has 5 rings (SSSR count). The number of aromatic nitrogens is 6. The number of aromatic amines is 2. The second-order valence-electron chi connectivity index (χ2n) is 8.94. The van der Waals surface area contributed by atoms with Gasteiger partial charge in [-0.05, 0) is 84.6 Å². The number of allylic oxidation sites excluding steroid dienone is 2. The number of hydrogen-bond acceptors (Lipinski definition) is 5. The first-order valence-electron chi connectivity index (χ1n) is 12.1. The largest absolute Gasteiger partial charge is 0.335 e. The lowest BCUT2D eigenvalue weighted by Gasteiger charge is -2.07. The molecule has 0 unspecified atom stereocenters. The molecule has 0 amide bonds. The summed E-state index contributed by atoms with van der Waals surface area (Å²) in [7, 11) is 1.83. The van der Waals surface area contributed by atoms with E-state index in [-0.39, 0.29) is 5.82 Å². The van der Waals surface area contributed by atoms with E-state index in [0.717, 1.165) is 39.6 Å². The van der Waals surface area contributed by atoms with Crippen LogP contribution in [0.3, 0.4) is 0 Å². The SMILES string of the molecule is C=c1c(-c2nc3nccc(-c4cc(F)cc(CNC)c4)c3[nH]2)n[nH]/c1=C/C=C(\C)c1cncc(CC)c1. The topological polar surface area (TPSA) is 95.2 Å². The fraction of sp³-hybridized carbons (Fsp3) is 0.172. The van der Waals surface area contributed by atoms with E-state index in [2.05, 4.69) is 55.0 Å². The van der Waals surface area contributed by atoms with Gasteiger partial charge in [0.25, 0.3) is 0 Å². The predicted octanol–water partition coefficient (Wildman–Crippen LogP) is 4.13. The molecular formula is C29H28FN7. The summed E-state index contributed by atoms with van der Waals surface area (Å²) in [6.07, 6.45) is 10.3. The minimum atomic E-state index is -0.291. The van der Waals surface area contributed by atoms with Crippen molar-refractivity contribution in [3.63, 3.8) is 0 Å². The second kappa shape index (κ2) is 10.3. The van der Waals surface area contributed by atoms with Crippen molar-refractivity contribution >= 4 is 29.4 Å². The number of fused-ring (bicyclic) bond motifs is 1. The van der Waals surface area contributed by atoms with Crippen LogP contribution in [0.1, 0.15) is 30.5 Å². The Morgan fingerprint density at radius 3 is 2.84 bits per heavy atom. The van der Waals surface area contributed by atoms with E-state index < -0.39 is 0 Å². The first-order chi connectivity index (χ1) is 18.0. The number of nitrogens with one attached hydrogen (secondary N) is 3. The van der Waals surface area contributed by atoms with Gasteiger partial charge in [-0.1, -0.05) is 19.6 Å². The van der Waals surface area contributed by atoms with Crippen LogP contribution < -0.4 is 15.9 Å². The molecule has 3 N–H and O–H groups in total. The normalized spacial score (nSPS) is 12.5. The van der Waals surface area contributed by atoms with Crippen LogP contribution in [0.25, 0.3) is 52.0 Å². The zero-order valence-electron chi connectivity index (χ0n) is 21.1. The lowest BCUT2D eigenvalue weighted by Crippen LogP contribution is -2.21. The van der Waals surface area contributed by atoms with E-state index >= 15 is 0 Å². The number of halogens is 1. The first kappa shape index (κ1) is 24.3. The number of rotatable bonds is 7. The van der Waals surface area contributed by atoms with Crippen molar-refractivity contribution in [2.24, 2.45) is 0 Å². The van der Waals surface area contributed by atoms with Gasteiger partial charge < -0.3 is 10.3 Å². The van der Waals surface area contributed by atoms with E-state index in [4.69, 9.17) is 0 Å². The van der Waals surface area contributed by atoms with Crippen molar-refractivity contribution in [3.8, 4) is 22.6 Å². The molecule has 0 saturated carbocycles. The molecule has 0 aliphatic rings. The van der Waals surface area contributed by atoms with Crippen molar-refractivity contribution < 1.29 is 4.39 Å². The van der Waals surface area contributed by atoms with Crippen LogP contribution in [0.15, 0.2) is 55.0 Å². The van der Waals surface area contributed by atoms with Crippen molar-refractivity contribution in [3.05, 3.63) is 88.1 Å². The molecule has 8 heteroatoms. The van der Waals surface area contributed by atoms with Gasteiger partial charge >= 0.3 is 0 Å². The minimum absolute atomic E-state index is 0.291. The third kappa shape index (κ3) is 4.96. The highest BCUT2D eigenvalue weighted by atomic mass is 19.1. The summed E-state index contributed by atoms with van der Waals surface area (Å²) in [6, 6.07) is 9.01. The Morgan fingerprint density at radius 1 is 1.16 bits per heavy atom. The van der Waals surface area contributed by atoms with Crippen LogP contribution >= 0.6 is 0 Å². The third-order valence-corrected chi connectivity index (χ3v) is 6.32. The van der Waals surface area contributed by atoms with Gasteiger partial charge in [0, 0.05) is 35.9 Å². The summed E-state index contributed by atoms with van der Waals surface area (Å²) >= 11 is 0. The second-order valence-corrected chi connectivity index (χ2v) is 8.94. The maximum atomic E-state index is 14.3. The molecule has 0 fully saturated rings.